The van der Waals surface area contributed by atoms with Gasteiger partial charge in [0.05, 0.1) is 12.0 Å². The number of hydrogen-bond donors (Lipinski definition) is 1. The van der Waals surface area contributed by atoms with Crippen LogP contribution in [0.4, 0.5) is 5.82 Å². The van der Waals surface area contributed by atoms with Crippen LogP contribution >= 0.6 is 11.3 Å². The third-order valence-electron chi connectivity index (χ3n) is 3.90. The van der Waals surface area contributed by atoms with Crippen molar-refractivity contribution in [3.8, 4) is 16.3 Å². The second kappa shape index (κ2) is 6.37. The minimum Gasteiger partial charge on any atom is -0.497 e. The Bertz CT molecular complexity index is 943. The van der Waals surface area contributed by atoms with Crippen molar-refractivity contribution < 1.29 is 4.74 Å². The first-order chi connectivity index (χ1) is 11.8. The van der Waals surface area contributed by atoms with E-state index in [-0.39, 0.29) is 0 Å². The van der Waals surface area contributed by atoms with E-state index in [2.05, 4.69) is 39.4 Å². The van der Waals surface area contributed by atoms with Crippen LogP contribution in [0.5, 0.6) is 5.75 Å². The molecule has 0 amide bonds. The summed E-state index contributed by atoms with van der Waals surface area (Å²) in [7, 11) is 1.68. The predicted octanol–water partition coefficient (Wildman–Crippen LogP) is 4.68. The van der Waals surface area contributed by atoms with E-state index >= 15 is 0 Å². The smallest absolute Gasteiger partial charge is 0.139 e. The largest absolute Gasteiger partial charge is 0.497 e. The molecule has 24 heavy (non-hydrogen) atoms. The molecule has 4 nitrogen and oxygen atoms in total. The molecular formula is C19H17N3OS. The van der Waals surface area contributed by atoms with Gasteiger partial charge in [-0.25, -0.2) is 4.98 Å². The molecule has 0 fully saturated rings. The van der Waals surface area contributed by atoms with Crippen LogP contribution in [0.1, 0.15) is 5.56 Å². The minimum absolute atomic E-state index is 0.727. The maximum absolute atomic E-state index is 5.21. The monoisotopic (exact) mass is 335 g/mol. The van der Waals surface area contributed by atoms with Crippen LogP contribution in [0.25, 0.3) is 16.2 Å². The summed E-state index contributed by atoms with van der Waals surface area (Å²) in [6.45, 7) is 0.727. The van der Waals surface area contributed by atoms with E-state index in [1.54, 1.807) is 18.4 Å². The number of hydrogen-bond acceptors (Lipinski definition) is 4. The van der Waals surface area contributed by atoms with Crippen molar-refractivity contribution in [2.45, 2.75) is 6.54 Å². The fourth-order valence-corrected chi connectivity index (χ4v) is 3.39. The Morgan fingerprint density at radius 1 is 1.08 bits per heavy atom. The highest BCUT2D eigenvalue weighted by atomic mass is 32.1. The summed E-state index contributed by atoms with van der Waals surface area (Å²) in [6.07, 6.45) is 2.04. The van der Waals surface area contributed by atoms with Crippen LogP contribution in [0.2, 0.25) is 0 Å². The summed E-state index contributed by atoms with van der Waals surface area (Å²) in [5.41, 5.74) is 3.13. The maximum atomic E-state index is 5.21. The molecule has 3 aromatic heterocycles. The first kappa shape index (κ1) is 14.8. The Kier molecular flexibility index (Phi) is 3.92. The SMILES string of the molecule is COc1ccc(CNc2c(-c3cccs3)nc3ccccn23)cc1. The lowest BCUT2D eigenvalue weighted by molar-refractivity contribution is 0.414. The molecule has 0 spiro atoms. The fourth-order valence-electron chi connectivity index (χ4n) is 2.68. The van der Waals surface area contributed by atoms with Gasteiger partial charge in [0.2, 0.25) is 0 Å². The van der Waals surface area contributed by atoms with Gasteiger partial charge in [-0.3, -0.25) is 4.40 Å². The number of aromatic nitrogens is 2. The molecule has 0 aliphatic carbocycles. The highest BCUT2D eigenvalue weighted by Gasteiger charge is 2.14. The summed E-state index contributed by atoms with van der Waals surface area (Å²) < 4.78 is 7.31. The van der Waals surface area contributed by atoms with E-state index in [0.29, 0.717) is 0 Å². The van der Waals surface area contributed by atoms with E-state index in [1.165, 1.54) is 5.56 Å². The molecule has 0 saturated carbocycles. The number of imidazole rings is 1. The lowest BCUT2D eigenvalue weighted by atomic mass is 10.2. The van der Waals surface area contributed by atoms with Crippen molar-refractivity contribution in [1.29, 1.82) is 0 Å². The molecule has 3 heterocycles. The van der Waals surface area contributed by atoms with Gasteiger partial charge in [-0.05, 0) is 41.3 Å². The van der Waals surface area contributed by atoms with Crippen LogP contribution in [-0.4, -0.2) is 16.5 Å². The second-order valence-electron chi connectivity index (χ2n) is 5.42. The first-order valence-electron chi connectivity index (χ1n) is 7.73. The van der Waals surface area contributed by atoms with E-state index in [0.717, 1.165) is 34.3 Å². The number of anilines is 1. The van der Waals surface area contributed by atoms with Gasteiger partial charge in [-0.15, -0.1) is 11.3 Å². The second-order valence-corrected chi connectivity index (χ2v) is 6.36. The summed E-state index contributed by atoms with van der Waals surface area (Å²) in [5.74, 6) is 1.89. The maximum Gasteiger partial charge on any atom is 0.139 e. The lowest BCUT2D eigenvalue weighted by Gasteiger charge is -2.09. The third kappa shape index (κ3) is 2.74. The molecule has 120 valence electrons. The van der Waals surface area contributed by atoms with Gasteiger partial charge in [-0.2, -0.15) is 0 Å². The van der Waals surface area contributed by atoms with Crippen molar-refractivity contribution in [3.63, 3.8) is 0 Å². The summed E-state index contributed by atoms with van der Waals surface area (Å²) >= 11 is 1.70. The molecule has 0 saturated heterocycles. The average Bonchev–Trinajstić information content (AvgIpc) is 3.28. The third-order valence-corrected chi connectivity index (χ3v) is 4.78. The van der Waals surface area contributed by atoms with Crippen molar-refractivity contribution in [3.05, 3.63) is 71.7 Å². The molecule has 0 atom stereocenters. The number of nitrogens with one attached hydrogen (secondary N) is 1. The van der Waals surface area contributed by atoms with E-state index in [9.17, 15) is 0 Å². The zero-order chi connectivity index (χ0) is 16.4. The molecule has 1 N–H and O–H groups in total. The Morgan fingerprint density at radius 2 is 1.96 bits per heavy atom. The summed E-state index contributed by atoms with van der Waals surface area (Å²) in [6, 6.07) is 18.3. The topological polar surface area (TPSA) is 38.6 Å². The zero-order valence-corrected chi connectivity index (χ0v) is 14.1. The number of fused-ring (bicyclic) bond motifs is 1. The fraction of sp³-hybridized carbons (Fsp3) is 0.105. The molecule has 0 radical (unpaired) electrons. The zero-order valence-electron chi connectivity index (χ0n) is 13.3. The number of thiophene rings is 1. The molecule has 0 aliphatic rings. The van der Waals surface area contributed by atoms with E-state index < -0.39 is 0 Å². The Hall–Kier alpha value is -2.79. The van der Waals surface area contributed by atoms with Crippen LogP contribution in [0, 0.1) is 0 Å². The highest BCUT2D eigenvalue weighted by Crippen LogP contribution is 2.32. The number of pyridine rings is 1. The van der Waals surface area contributed by atoms with Crippen molar-refractivity contribution in [2.24, 2.45) is 0 Å². The van der Waals surface area contributed by atoms with Crippen LogP contribution in [0.15, 0.2) is 66.2 Å². The van der Waals surface area contributed by atoms with Crippen LogP contribution in [0.3, 0.4) is 0 Å². The molecule has 0 aliphatic heterocycles. The van der Waals surface area contributed by atoms with Crippen LogP contribution < -0.4 is 10.1 Å². The van der Waals surface area contributed by atoms with Gasteiger partial charge in [0.1, 0.15) is 22.9 Å². The minimum atomic E-state index is 0.727. The normalized spacial score (nSPS) is 10.9. The summed E-state index contributed by atoms with van der Waals surface area (Å²) in [5, 5.41) is 5.62. The highest BCUT2D eigenvalue weighted by molar-refractivity contribution is 7.13. The van der Waals surface area contributed by atoms with Gasteiger partial charge in [-0.1, -0.05) is 24.3 Å². The molecular weight excluding hydrogens is 318 g/mol. The molecule has 4 aromatic rings. The summed E-state index contributed by atoms with van der Waals surface area (Å²) in [4.78, 5) is 5.95. The van der Waals surface area contributed by atoms with Crippen molar-refractivity contribution >= 4 is 22.8 Å². The molecule has 1 aromatic carbocycles. The van der Waals surface area contributed by atoms with Crippen molar-refractivity contribution in [1.82, 2.24) is 9.38 Å². The van der Waals surface area contributed by atoms with Gasteiger partial charge < -0.3 is 10.1 Å². The molecule has 0 unspecified atom stereocenters. The molecule has 0 bridgehead atoms. The van der Waals surface area contributed by atoms with Gasteiger partial charge in [0.25, 0.3) is 0 Å². The molecule has 5 heteroatoms. The lowest BCUT2D eigenvalue weighted by Crippen LogP contribution is -2.03. The number of benzene rings is 1. The van der Waals surface area contributed by atoms with E-state index in [1.807, 2.05) is 36.5 Å². The Morgan fingerprint density at radius 3 is 2.71 bits per heavy atom. The van der Waals surface area contributed by atoms with Gasteiger partial charge in [0, 0.05) is 12.7 Å². The number of methoxy groups -OCH3 is 1. The Balaban J connectivity index is 1.68. The average molecular weight is 335 g/mol. The molecule has 4 rings (SSSR count). The van der Waals surface area contributed by atoms with E-state index in [4.69, 9.17) is 9.72 Å². The first-order valence-corrected chi connectivity index (χ1v) is 8.61. The standard InChI is InChI=1S/C19H17N3OS/c1-23-15-9-7-14(8-10-15)13-20-19-18(16-5-4-12-24-16)21-17-6-2-3-11-22(17)19/h2-12,20H,13H2,1H3. The van der Waals surface area contributed by atoms with Gasteiger partial charge in [0.15, 0.2) is 0 Å². The predicted molar refractivity (Wildman–Crippen MR) is 98.8 cm³/mol. The van der Waals surface area contributed by atoms with Gasteiger partial charge >= 0.3 is 0 Å². The van der Waals surface area contributed by atoms with Crippen LogP contribution in [-0.2, 0) is 6.54 Å². The Labute approximate surface area is 144 Å². The number of nitrogens with zero attached hydrogens (tertiary/aromatic N) is 2. The number of rotatable bonds is 5. The van der Waals surface area contributed by atoms with Crippen molar-refractivity contribution in [2.75, 3.05) is 12.4 Å². The quantitative estimate of drug-likeness (QED) is 0.575. The number of ether oxygens (including phenoxy) is 1.